The van der Waals surface area contributed by atoms with Gasteiger partial charge >= 0.3 is 0 Å². The van der Waals surface area contributed by atoms with Crippen molar-refractivity contribution in [2.75, 3.05) is 0 Å². The van der Waals surface area contributed by atoms with E-state index in [4.69, 9.17) is 8.83 Å². The number of carbonyl (C=O) groups excluding carboxylic acids is 1. The molecule has 0 aliphatic carbocycles. The molecule has 0 aromatic carbocycles. The van der Waals surface area contributed by atoms with Crippen LogP contribution in [-0.2, 0) is 0 Å². The van der Waals surface area contributed by atoms with E-state index in [9.17, 15) is 4.79 Å². The van der Waals surface area contributed by atoms with Crippen molar-refractivity contribution in [3.05, 3.63) is 53.4 Å². The maximum Gasteiger partial charge on any atom is 0.274 e. The number of hydrogen-bond acceptors (Lipinski definition) is 4. The Morgan fingerprint density at radius 2 is 2.16 bits per heavy atom. The lowest BCUT2D eigenvalue weighted by molar-refractivity contribution is 0.0953. The Kier molecular flexibility index (Phi) is 3.97. The minimum Gasteiger partial charge on any atom is -0.469 e. The lowest BCUT2D eigenvalue weighted by atomic mass is 10.2. The zero-order chi connectivity index (χ0) is 13.7. The van der Waals surface area contributed by atoms with Gasteiger partial charge in [-0.05, 0) is 43.7 Å². The number of amides is 1. The van der Waals surface area contributed by atoms with Crippen molar-refractivity contribution in [1.29, 1.82) is 0 Å². The van der Waals surface area contributed by atoms with Gasteiger partial charge in [-0.25, -0.2) is 5.43 Å². The van der Waals surface area contributed by atoms with Gasteiger partial charge in [0.05, 0.1) is 24.3 Å². The number of allylic oxidation sites excluding steroid dienone is 1. The number of hydrazone groups is 1. The molecule has 0 atom stereocenters. The molecule has 2 rings (SSSR count). The third-order valence-corrected chi connectivity index (χ3v) is 2.45. The summed E-state index contributed by atoms with van der Waals surface area (Å²) in [6.07, 6.45) is 6.43. The fourth-order valence-corrected chi connectivity index (χ4v) is 1.51. The number of carbonyl (C=O) groups is 1. The van der Waals surface area contributed by atoms with Gasteiger partial charge in [-0.2, -0.15) is 5.10 Å². The van der Waals surface area contributed by atoms with Gasteiger partial charge in [-0.1, -0.05) is 0 Å². The van der Waals surface area contributed by atoms with Crippen LogP contribution in [0.2, 0.25) is 0 Å². The second kappa shape index (κ2) is 5.86. The molecule has 0 aliphatic rings. The maximum atomic E-state index is 11.7. The van der Waals surface area contributed by atoms with Crippen LogP contribution in [0.4, 0.5) is 0 Å². The highest BCUT2D eigenvalue weighted by atomic mass is 16.3. The molecule has 0 unspecified atom stereocenters. The molecule has 0 fully saturated rings. The minimum atomic E-state index is -0.298. The SMILES string of the molecule is CC(/C=N/NC(=O)c1ccoc1C)=C\c1ccco1. The summed E-state index contributed by atoms with van der Waals surface area (Å²) in [4.78, 5) is 11.7. The van der Waals surface area contributed by atoms with Crippen LogP contribution in [-0.4, -0.2) is 12.1 Å². The van der Waals surface area contributed by atoms with Crippen molar-refractivity contribution in [3.8, 4) is 0 Å². The molecular formula is C14H14N2O3. The number of hydrogen-bond donors (Lipinski definition) is 1. The van der Waals surface area contributed by atoms with Crippen LogP contribution >= 0.6 is 0 Å². The summed E-state index contributed by atoms with van der Waals surface area (Å²) in [7, 11) is 0. The normalized spacial score (nSPS) is 12.0. The fourth-order valence-electron chi connectivity index (χ4n) is 1.51. The number of nitrogens with zero attached hydrogens (tertiary/aromatic N) is 1. The lowest BCUT2D eigenvalue weighted by Crippen LogP contribution is -2.17. The Morgan fingerprint density at radius 3 is 2.79 bits per heavy atom. The van der Waals surface area contributed by atoms with Crippen molar-refractivity contribution < 1.29 is 13.6 Å². The van der Waals surface area contributed by atoms with Crippen molar-refractivity contribution >= 4 is 18.2 Å². The molecule has 0 saturated heterocycles. The van der Waals surface area contributed by atoms with Crippen molar-refractivity contribution in [1.82, 2.24) is 5.43 Å². The van der Waals surface area contributed by atoms with Crippen LogP contribution in [0.15, 0.2) is 50.2 Å². The highest BCUT2D eigenvalue weighted by Crippen LogP contribution is 2.08. The zero-order valence-electron chi connectivity index (χ0n) is 10.7. The monoisotopic (exact) mass is 258 g/mol. The third-order valence-electron chi connectivity index (χ3n) is 2.45. The number of aryl methyl sites for hydroxylation is 1. The molecule has 19 heavy (non-hydrogen) atoms. The largest absolute Gasteiger partial charge is 0.469 e. The van der Waals surface area contributed by atoms with Crippen LogP contribution in [0, 0.1) is 6.92 Å². The van der Waals surface area contributed by atoms with E-state index in [1.54, 1.807) is 31.5 Å². The molecule has 0 spiro atoms. The summed E-state index contributed by atoms with van der Waals surface area (Å²) in [5, 5.41) is 3.87. The van der Waals surface area contributed by atoms with Gasteiger partial charge in [-0.3, -0.25) is 4.79 Å². The van der Waals surface area contributed by atoms with Crippen LogP contribution in [0.1, 0.15) is 28.8 Å². The van der Waals surface area contributed by atoms with E-state index in [1.807, 2.05) is 19.1 Å². The molecule has 98 valence electrons. The van der Waals surface area contributed by atoms with E-state index in [1.165, 1.54) is 6.26 Å². The number of furan rings is 2. The van der Waals surface area contributed by atoms with Gasteiger partial charge in [-0.15, -0.1) is 0 Å². The molecular weight excluding hydrogens is 244 g/mol. The lowest BCUT2D eigenvalue weighted by Gasteiger charge is -1.97. The van der Waals surface area contributed by atoms with Gasteiger partial charge in [0.15, 0.2) is 0 Å². The molecule has 2 aromatic rings. The highest BCUT2D eigenvalue weighted by Gasteiger charge is 2.09. The molecule has 0 radical (unpaired) electrons. The van der Waals surface area contributed by atoms with E-state index in [0.29, 0.717) is 11.3 Å². The quantitative estimate of drug-likeness (QED) is 0.677. The van der Waals surface area contributed by atoms with Crippen LogP contribution < -0.4 is 5.43 Å². The Labute approximate surface area is 110 Å². The van der Waals surface area contributed by atoms with E-state index in [2.05, 4.69) is 10.5 Å². The topological polar surface area (TPSA) is 67.7 Å². The number of rotatable bonds is 4. The molecule has 2 aromatic heterocycles. The van der Waals surface area contributed by atoms with Gasteiger partial charge in [0.25, 0.3) is 5.91 Å². The Bertz CT molecular complexity index is 606. The molecule has 0 saturated carbocycles. The summed E-state index contributed by atoms with van der Waals surface area (Å²) in [5.74, 6) is 1.00. The van der Waals surface area contributed by atoms with Crippen LogP contribution in [0.3, 0.4) is 0 Å². The van der Waals surface area contributed by atoms with Gasteiger partial charge in [0, 0.05) is 0 Å². The summed E-state index contributed by atoms with van der Waals surface area (Å²) in [6.45, 7) is 3.59. The van der Waals surface area contributed by atoms with E-state index in [-0.39, 0.29) is 5.91 Å². The zero-order valence-corrected chi connectivity index (χ0v) is 10.7. The maximum absolute atomic E-state index is 11.7. The average molecular weight is 258 g/mol. The summed E-state index contributed by atoms with van der Waals surface area (Å²) in [5.41, 5.74) is 3.77. The molecule has 0 aliphatic heterocycles. The van der Waals surface area contributed by atoms with Crippen LogP contribution in [0.25, 0.3) is 6.08 Å². The fraction of sp³-hybridized carbons (Fsp3) is 0.143. The second-order valence-electron chi connectivity index (χ2n) is 3.99. The van der Waals surface area contributed by atoms with Crippen molar-refractivity contribution in [3.63, 3.8) is 0 Å². The first-order valence-corrected chi connectivity index (χ1v) is 5.76. The first kappa shape index (κ1) is 12.9. The van der Waals surface area contributed by atoms with E-state index < -0.39 is 0 Å². The van der Waals surface area contributed by atoms with Crippen LogP contribution in [0.5, 0.6) is 0 Å². The van der Waals surface area contributed by atoms with Gasteiger partial charge in [0.1, 0.15) is 11.5 Å². The van der Waals surface area contributed by atoms with E-state index in [0.717, 1.165) is 11.3 Å². The smallest absolute Gasteiger partial charge is 0.274 e. The molecule has 5 heteroatoms. The number of nitrogens with one attached hydrogen (secondary N) is 1. The molecule has 0 bridgehead atoms. The van der Waals surface area contributed by atoms with E-state index >= 15 is 0 Å². The summed E-state index contributed by atoms with van der Waals surface area (Å²) >= 11 is 0. The molecule has 1 amide bonds. The van der Waals surface area contributed by atoms with Crippen molar-refractivity contribution in [2.24, 2.45) is 5.10 Å². The first-order chi connectivity index (χ1) is 9.16. The van der Waals surface area contributed by atoms with Gasteiger partial charge in [0.2, 0.25) is 0 Å². The van der Waals surface area contributed by atoms with Crippen molar-refractivity contribution in [2.45, 2.75) is 13.8 Å². The Morgan fingerprint density at radius 1 is 1.32 bits per heavy atom. The predicted octanol–water partition coefficient (Wildman–Crippen LogP) is 3.00. The van der Waals surface area contributed by atoms with Gasteiger partial charge < -0.3 is 8.83 Å². The Balaban J connectivity index is 1.93. The molecule has 1 N–H and O–H groups in total. The molecule has 5 nitrogen and oxygen atoms in total. The highest BCUT2D eigenvalue weighted by molar-refractivity contribution is 5.95. The first-order valence-electron chi connectivity index (χ1n) is 5.76. The molecule has 2 heterocycles. The minimum absolute atomic E-state index is 0.298. The summed E-state index contributed by atoms with van der Waals surface area (Å²) in [6, 6.07) is 5.25. The average Bonchev–Trinajstić information content (AvgIpc) is 3.00. The second-order valence-corrected chi connectivity index (χ2v) is 3.99. The summed E-state index contributed by atoms with van der Waals surface area (Å²) < 4.78 is 10.2. The predicted molar refractivity (Wildman–Crippen MR) is 71.8 cm³/mol. The Hall–Kier alpha value is -2.56. The standard InChI is InChI=1S/C14H14N2O3/c1-10(8-12-4-3-6-19-12)9-15-16-14(17)13-5-7-18-11(13)2/h3-9H,1-2H3,(H,16,17)/b10-8+,15-9+. The third kappa shape index (κ3) is 3.45.